The third kappa shape index (κ3) is 3.11. The second-order valence-electron chi connectivity index (χ2n) is 4.34. The van der Waals surface area contributed by atoms with Crippen LogP contribution in [0, 0.1) is 5.82 Å². The fourth-order valence-electron chi connectivity index (χ4n) is 1.86. The van der Waals surface area contributed by atoms with Crippen LogP contribution < -0.4 is 15.2 Å². The lowest BCUT2D eigenvalue weighted by Gasteiger charge is -2.15. The zero-order chi connectivity index (χ0) is 14.7. The maximum absolute atomic E-state index is 13.8. The molecule has 0 amide bonds. The molecule has 0 spiro atoms. The van der Waals surface area contributed by atoms with Crippen molar-refractivity contribution in [3.63, 3.8) is 0 Å². The summed E-state index contributed by atoms with van der Waals surface area (Å²) in [6.07, 6.45) is 0. The van der Waals surface area contributed by atoms with E-state index in [0.29, 0.717) is 22.8 Å². The molecule has 5 heteroatoms. The molecule has 2 aromatic rings. The van der Waals surface area contributed by atoms with Gasteiger partial charge < -0.3 is 15.2 Å². The number of nitrogens with two attached hydrogens (primary N) is 1. The second-order valence-corrected chi connectivity index (χ2v) is 5.19. The highest BCUT2D eigenvalue weighted by Gasteiger charge is 2.15. The smallest absolute Gasteiger partial charge is 0.141 e. The average molecular weight is 340 g/mol. The summed E-state index contributed by atoms with van der Waals surface area (Å²) in [6.45, 7) is 1.72. The van der Waals surface area contributed by atoms with Gasteiger partial charge in [0.15, 0.2) is 0 Å². The molecule has 2 N–H and O–H groups in total. The van der Waals surface area contributed by atoms with Crippen molar-refractivity contribution in [1.29, 1.82) is 0 Å². The molecular formula is C15H15BrFNO2. The van der Waals surface area contributed by atoms with Crippen molar-refractivity contribution in [2.24, 2.45) is 5.73 Å². The van der Waals surface area contributed by atoms with E-state index >= 15 is 0 Å². The standard InChI is InChI=1S/C15H15BrFNO2/c1-9(18)15-12(17)4-3-5-14(15)20-13-7-6-10(19-2)8-11(13)16/h3-9H,18H2,1-2H3/t9-/m0/s1. The molecule has 0 aliphatic rings. The van der Waals surface area contributed by atoms with Crippen LogP contribution in [0.2, 0.25) is 0 Å². The number of methoxy groups -OCH3 is 1. The van der Waals surface area contributed by atoms with Gasteiger partial charge in [-0.3, -0.25) is 0 Å². The fourth-order valence-corrected chi connectivity index (χ4v) is 2.30. The van der Waals surface area contributed by atoms with Crippen LogP contribution in [0.15, 0.2) is 40.9 Å². The highest BCUT2D eigenvalue weighted by Crippen LogP contribution is 2.36. The van der Waals surface area contributed by atoms with Gasteiger partial charge in [0, 0.05) is 11.6 Å². The van der Waals surface area contributed by atoms with Crippen LogP contribution in [0.5, 0.6) is 17.2 Å². The first-order chi connectivity index (χ1) is 9.52. The lowest BCUT2D eigenvalue weighted by Crippen LogP contribution is -2.09. The molecule has 0 aliphatic carbocycles. The molecule has 3 nitrogen and oxygen atoms in total. The molecule has 0 bridgehead atoms. The quantitative estimate of drug-likeness (QED) is 0.897. The Morgan fingerprint density at radius 2 is 1.95 bits per heavy atom. The zero-order valence-corrected chi connectivity index (χ0v) is 12.8. The molecule has 0 aromatic heterocycles. The van der Waals surface area contributed by atoms with Gasteiger partial charge >= 0.3 is 0 Å². The van der Waals surface area contributed by atoms with E-state index in [1.165, 1.54) is 6.07 Å². The van der Waals surface area contributed by atoms with Gasteiger partial charge in [-0.25, -0.2) is 4.39 Å². The van der Waals surface area contributed by atoms with Crippen molar-refractivity contribution in [2.75, 3.05) is 7.11 Å². The highest BCUT2D eigenvalue weighted by molar-refractivity contribution is 9.10. The summed E-state index contributed by atoms with van der Waals surface area (Å²) in [5.41, 5.74) is 6.16. The predicted molar refractivity (Wildman–Crippen MR) is 79.8 cm³/mol. The van der Waals surface area contributed by atoms with E-state index in [1.54, 1.807) is 44.4 Å². The Hall–Kier alpha value is -1.59. The van der Waals surface area contributed by atoms with Crippen LogP contribution in [0.4, 0.5) is 4.39 Å². The maximum Gasteiger partial charge on any atom is 0.141 e. The first kappa shape index (κ1) is 14.8. The minimum atomic E-state index is -0.455. The second kappa shape index (κ2) is 6.24. The van der Waals surface area contributed by atoms with Crippen LogP contribution in [0.25, 0.3) is 0 Å². The van der Waals surface area contributed by atoms with E-state index in [2.05, 4.69) is 15.9 Å². The first-order valence-electron chi connectivity index (χ1n) is 6.08. The van der Waals surface area contributed by atoms with Gasteiger partial charge in [0.2, 0.25) is 0 Å². The molecule has 0 saturated heterocycles. The van der Waals surface area contributed by atoms with Gasteiger partial charge in [-0.15, -0.1) is 0 Å². The third-order valence-electron chi connectivity index (χ3n) is 2.83. The summed E-state index contributed by atoms with van der Waals surface area (Å²) in [4.78, 5) is 0. The van der Waals surface area contributed by atoms with Gasteiger partial charge in [-0.2, -0.15) is 0 Å². The van der Waals surface area contributed by atoms with E-state index in [0.717, 1.165) is 4.47 Å². The van der Waals surface area contributed by atoms with Crippen molar-refractivity contribution in [3.8, 4) is 17.2 Å². The van der Waals surface area contributed by atoms with Crippen molar-refractivity contribution < 1.29 is 13.9 Å². The molecule has 0 saturated carbocycles. The summed E-state index contributed by atoms with van der Waals surface area (Å²) < 4.78 is 25.4. The highest BCUT2D eigenvalue weighted by atomic mass is 79.9. The number of benzene rings is 2. The molecule has 2 aromatic carbocycles. The average Bonchev–Trinajstić information content (AvgIpc) is 2.40. The van der Waals surface area contributed by atoms with E-state index in [-0.39, 0.29) is 5.82 Å². The van der Waals surface area contributed by atoms with Crippen LogP contribution in [0.3, 0.4) is 0 Å². The largest absolute Gasteiger partial charge is 0.497 e. The normalized spacial score (nSPS) is 12.1. The Bertz CT molecular complexity index is 617. The Morgan fingerprint density at radius 1 is 1.20 bits per heavy atom. The van der Waals surface area contributed by atoms with E-state index in [9.17, 15) is 4.39 Å². The van der Waals surface area contributed by atoms with E-state index in [4.69, 9.17) is 15.2 Å². The van der Waals surface area contributed by atoms with Crippen LogP contribution in [-0.2, 0) is 0 Å². The minimum Gasteiger partial charge on any atom is -0.497 e. The molecule has 20 heavy (non-hydrogen) atoms. The maximum atomic E-state index is 13.8. The Morgan fingerprint density at radius 3 is 2.55 bits per heavy atom. The number of halogens is 2. The van der Waals surface area contributed by atoms with E-state index < -0.39 is 6.04 Å². The van der Waals surface area contributed by atoms with Gasteiger partial charge in [0.25, 0.3) is 0 Å². The minimum absolute atomic E-state index is 0.357. The van der Waals surface area contributed by atoms with Gasteiger partial charge in [0.05, 0.1) is 11.6 Å². The molecule has 106 valence electrons. The molecule has 0 unspecified atom stereocenters. The van der Waals surface area contributed by atoms with E-state index in [1.807, 2.05) is 0 Å². The predicted octanol–water partition coefficient (Wildman–Crippen LogP) is 4.41. The fraction of sp³-hybridized carbons (Fsp3) is 0.200. The van der Waals surface area contributed by atoms with Gasteiger partial charge in [-0.05, 0) is 53.2 Å². The molecule has 0 radical (unpaired) electrons. The molecule has 2 rings (SSSR count). The Kier molecular flexibility index (Phi) is 4.62. The van der Waals surface area contributed by atoms with Crippen LogP contribution in [-0.4, -0.2) is 7.11 Å². The van der Waals surface area contributed by atoms with Crippen molar-refractivity contribution in [3.05, 3.63) is 52.3 Å². The van der Waals surface area contributed by atoms with Gasteiger partial charge in [-0.1, -0.05) is 6.07 Å². The number of rotatable bonds is 4. The number of hydrogen-bond donors (Lipinski definition) is 1. The number of ether oxygens (including phenoxy) is 2. The monoisotopic (exact) mass is 339 g/mol. The van der Waals surface area contributed by atoms with Crippen molar-refractivity contribution >= 4 is 15.9 Å². The molecular weight excluding hydrogens is 325 g/mol. The third-order valence-corrected chi connectivity index (χ3v) is 3.45. The summed E-state index contributed by atoms with van der Waals surface area (Å²) in [5.74, 6) is 1.31. The first-order valence-corrected chi connectivity index (χ1v) is 6.87. The summed E-state index contributed by atoms with van der Waals surface area (Å²) in [5, 5.41) is 0. The van der Waals surface area contributed by atoms with Gasteiger partial charge in [0.1, 0.15) is 23.1 Å². The molecule has 1 atom stereocenters. The Balaban J connectivity index is 2.38. The summed E-state index contributed by atoms with van der Waals surface area (Å²) in [7, 11) is 1.59. The zero-order valence-electron chi connectivity index (χ0n) is 11.2. The molecule has 0 fully saturated rings. The molecule has 0 heterocycles. The lowest BCUT2D eigenvalue weighted by atomic mass is 10.1. The lowest BCUT2D eigenvalue weighted by molar-refractivity contribution is 0.411. The van der Waals surface area contributed by atoms with Crippen LogP contribution >= 0.6 is 15.9 Å². The summed E-state index contributed by atoms with van der Waals surface area (Å²) in [6, 6.07) is 9.49. The summed E-state index contributed by atoms with van der Waals surface area (Å²) >= 11 is 3.40. The number of hydrogen-bond acceptors (Lipinski definition) is 3. The Labute approximate surface area is 125 Å². The van der Waals surface area contributed by atoms with Crippen molar-refractivity contribution in [2.45, 2.75) is 13.0 Å². The topological polar surface area (TPSA) is 44.5 Å². The molecule has 0 aliphatic heterocycles. The van der Waals surface area contributed by atoms with Crippen LogP contribution in [0.1, 0.15) is 18.5 Å². The SMILES string of the molecule is COc1ccc(Oc2cccc(F)c2[C@H](C)N)c(Br)c1. The van der Waals surface area contributed by atoms with Crippen molar-refractivity contribution in [1.82, 2.24) is 0 Å².